The van der Waals surface area contributed by atoms with E-state index in [4.69, 9.17) is 5.73 Å². The van der Waals surface area contributed by atoms with Gasteiger partial charge in [-0.2, -0.15) is 0 Å². The minimum atomic E-state index is -0.177. The quantitative estimate of drug-likeness (QED) is 0.847. The number of nitrogens with one attached hydrogen (secondary N) is 1. The molecule has 0 radical (unpaired) electrons. The molecule has 0 spiro atoms. The molecule has 0 saturated carbocycles. The highest BCUT2D eigenvalue weighted by Crippen LogP contribution is 2.23. The van der Waals surface area contributed by atoms with E-state index in [-0.39, 0.29) is 5.91 Å². The van der Waals surface area contributed by atoms with Crippen LogP contribution in [0.2, 0.25) is 0 Å². The zero-order valence-electron chi connectivity index (χ0n) is 11.4. The third-order valence-corrected chi connectivity index (χ3v) is 3.38. The van der Waals surface area contributed by atoms with Crippen molar-refractivity contribution < 1.29 is 4.79 Å². The summed E-state index contributed by atoms with van der Waals surface area (Å²) in [6.07, 6.45) is 0. The summed E-state index contributed by atoms with van der Waals surface area (Å²) in [5.41, 5.74) is 8.46. The molecule has 0 heterocycles. The summed E-state index contributed by atoms with van der Waals surface area (Å²) in [6.45, 7) is 0. The molecule has 0 aromatic heterocycles. The van der Waals surface area contributed by atoms with Crippen LogP contribution in [-0.2, 0) is 0 Å². The summed E-state index contributed by atoms with van der Waals surface area (Å²) in [6, 6.07) is 12.7. The van der Waals surface area contributed by atoms with E-state index in [1.54, 1.807) is 12.1 Å². The van der Waals surface area contributed by atoms with Gasteiger partial charge in [-0.25, -0.2) is 0 Å². The highest BCUT2D eigenvalue weighted by atomic mass is 79.9. The van der Waals surface area contributed by atoms with E-state index in [2.05, 4.69) is 21.2 Å². The van der Waals surface area contributed by atoms with Crippen molar-refractivity contribution >= 4 is 38.9 Å². The van der Waals surface area contributed by atoms with Crippen molar-refractivity contribution in [2.45, 2.75) is 0 Å². The molecule has 4 nitrogen and oxygen atoms in total. The molecule has 2 aromatic rings. The zero-order chi connectivity index (χ0) is 14.7. The van der Waals surface area contributed by atoms with Gasteiger partial charge in [-0.05, 0) is 42.5 Å². The van der Waals surface area contributed by atoms with Crippen LogP contribution < -0.4 is 16.0 Å². The van der Waals surface area contributed by atoms with Crippen LogP contribution in [0.4, 0.5) is 17.1 Å². The Labute approximate surface area is 126 Å². The predicted molar refractivity (Wildman–Crippen MR) is 87.3 cm³/mol. The van der Waals surface area contributed by atoms with E-state index in [1.807, 2.05) is 49.3 Å². The standard InChI is InChI=1S/C15H16BrN3O/c1-19(2)14-8-5-11(17)9-13(14)15(20)18-12-6-3-10(16)4-7-12/h3-9H,17H2,1-2H3,(H,18,20). The van der Waals surface area contributed by atoms with Gasteiger partial charge >= 0.3 is 0 Å². The van der Waals surface area contributed by atoms with E-state index >= 15 is 0 Å². The molecule has 5 heteroatoms. The van der Waals surface area contributed by atoms with Gasteiger partial charge in [0.15, 0.2) is 0 Å². The average Bonchev–Trinajstić information content (AvgIpc) is 2.41. The number of halogens is 1. The summed E-state index contributed by atoms with van der Waals surface area (Å²) in [4.78, 5) is 14.3. The number of anilines is 3. The van der Waals surface area contributed by atoms with Crippen molar-refractivity contribution in [2.75, 3.05) is 30.0 Å². The van der Waals surface area contributed by atoms with Gasteiger partial charge in [0.05, 0.1) is 5.56 Å². The predicted octanol–water partition coefficient (Wildman–Crippen LogP) is 3.35. The lowest BCUT2D eigenvalue weighted by molar-refractivity contribution is 0.102. The van der Waals surface area contributed by atoms with Gasteiger partial charge in [0, 0.05) is 35.6 Å². The van der Waals surface area contributed by atoms with Crippen molar-refractivity contribution in [3.05, 3.63) is 52.5 Å². The number of carbonyl (C=O) groups is 1. The molecular weight excluding hydrogens is 318 g/mol. The SMILES string of the molecule is CN(C)c1ccc(N)cc1C(=O)Nc1ccc(Br)cc1. The second-order valence-electron chi connectivity index (χ2n) is 4.63. The fourth-order valence-corrected chi connectivity index (χ4v) is 2.12. The third kappa shape index (κ3) is 3.30. The van der Waals surface area contributed by atoms with Crippen LogP contribution in [0.5, 0.6) is 0 Å². The first-order valence-electron chi connectivity index (χ1n) is 6.11. The monoisotopic (exact) mass is 333 g/mol. The molecule has 0 aliphatic heterocycles. The Balaban J connectivity index is 2.28. The highest BCUT2D eigenvalue weighted by Gasteiger charge is 2.13. The molecule has 0 atom stereocenters. The number of nitrogen functional groups attached to an aromatic ring is 1. The lowest BCUT2D eigenvalue weighted by atomic mass is 10.1. The summed E-state index contributed by atoms with van der Waals surface area (Å²) < 4.78 is 0.966. The van der Waals surface area contributed by atoms with Crippen LogP contribution in [0.15, 0.2) is 46.9 Å². The van der Waals surface area contributed by atoms with Gasteiger partial charge in [-0.3, -0.25) is 4.79 Å². The Kier molecular flexibility index (Phi) is 4.29. The molecule has 104 valence electrons. The first-order chi connectivity index (χ1) is 9.47. The fraction of sp³-hybridized carbons (Fsp3) is 0.133. The molecule has 20 heavy (non-hydrogen) atoms. The van der Waals surface area contributed by atoms with Crippen molar-refractivity contribution in [2.24, 2.45) is 0 Å². The van der Waals surface area contributed by atoms with Crippen LogP contribution >= 0.6 is 15.9 Å². The Morgan fingerprint density at radius 3 is 2.40 bits per heavy atom. The summed E-state index contributed by atoms with van der Waals surface area (Å²) >= 11 is 3.36. The van der Waals surface area contributed by atoms with Gasteiger partial charge in [0.2, 0.25) is 0 Å². The highest BCUT2D eigenvalue weighted by molar-refractivity contribution is 9.10. The van der Waals surface area contributed by atoms with Crippen molar-refractivity contribution in [1.29, 1.82) is 0 Å². The lowest BCUT2D eigenvalue weighted by Gasteiger charge is -2.17. The van der Waals surface area contributed by atoms with E-state index in [9.17, 15) is 4.79 Å². The maximum absolute atomic E-state index is 12.4. The Hall–Kier alpha value is -2.01. The Bertz CT molecular complexity index is 624. The number of carbonyl (C=O) groups excluding carboxylic acids is 1. The van der Waals surface area contributed by atoms with Gasteiger partial charge in [-0.15, -0.1) is 0 Å². The topological polar surface area (TPSA) is 58.4 Å². The summed E-state index contributed by atoms with van der Waals surface area (Å²) in [5.74, 6) is -0.177. The molecule has 0 bridgehead atoms. The number of nitrogens with zero attached hydrogens (tertiary/aromatic N) is 1. The molecule has 0 fully saturated rings. The van der Waals surface area contributed by atoms with Crippen LogP contribution in [0, 0.1) is 0 Å². The fourth-order valence-electron chi connectivity index (χ4n) is 1.86. The zero-order valence-corrected chi connectivity index (χ0v) is 12.9. The smallest absolute Gasteiger partial charge is 0.257 e. The Morgan fingerprint density at radius 2 is 1.80 bits per heavy atom. The minimum absolute atomic E-state index is 0.177. The number of benzene rings is 2. The number of amides is 1. The van der Waals surface area contributed by atoms with Crippen LogP contribution in [0.3, 0.4) is 0 Å². The molecule has 1 amide bonds. The second kappa shape index (κ2) is 5.96. The van der Waals surface area contributed by atoms with Gasteiger partial charge in [0.1, 0.15) is 0 Å². The molecule has 2 aromatic carbocycles. The van der Waals surface area contributed by atoms with Crippen molar-refractivity contribution in [3.63, 3.8) is 0 Å². The van der Waals surface area contributed by atoms with Crippen molar-refractivity contribution in [1.82, 2.24) is 0 Å². The van der Waals surface area contributed by atoms with E-state index in [0.29, 0.717) is 11.3 Å². The Morgan fingerprint density at radius 1 is 1.15 bits per heavy atom. The largest absolute Gasteiger partial charge is 0.399 e. The molecule has 2 rings (SSSR count). The van der Waals surface area contributed by atoms with Crippen LogP contribution in [0.25, 0.3) is 0 Å². The molecular formula is C15H16BrN3O. The molecule has 0 saturated heterocycles. The average molecular weight is 334 g/mol. The molecule has 3 N–H and O–H groups in total. The van der Waals surface area contributed by atoms with E-state index < -0.39 is 0 Å². The first kappa shape index (κ1) is 14.4. The van der Waals surface area contributed by atoms with Gasteiger partial charge < -0.3 is 16.0 Å². The number of nitrogens with two attached hydrogens (primary N) is 1. The van der Waals surface area contributed by atoms with Gasteiger partial charge in [0.25, 0.3) is 5.91 Å². The molecule has 0 aliphatic rings. The van der Waals surface area contributed by atoms with E-state index in [0.717, 1.165) is 15.8 Å². The number of hydrogen-bond acceptors (Lipinski definition) is 3. The molecule has 0 aliphatic carbocycles. The maximum Gasteiger partial charge on any atom is 0.257 e. The van der Waals surface area contributed by atoms with Crippen molar-refractivity contribution in [3.8, 4) is 0 Å². The van der Waals surface area contributed by atoms with Crippen LogP contribution in [-0.4, -0.2) is 20.0 Å². The van der Waals surface area contributed by atoms with Crippen LogP contribution in [0.1, 0.15) is 10.4 Å². The van der Waals surface area contributed by atoms with Gasteiger partial charge in [-0.1, -0.05) is 15.9 Å². The first-order valence-corrected chi connectivity index (χ1v) is 6.90. The molecule has 0 unspecified atom stereocenters. The third-order valence-electron chi connectivity index (χ3n) is 2.85. The second-order valence-corrected chi connectivity index (χ2v) is 5.55. The normalized spacial score (nSPS) is 10.2. The van der Waals surface area contributed by atoms with E-state index in [1.165, 1.54) is 0 Å². The number of hydrogen-bond donors (Lipinski definition) is 2. The summed E-state index contributed by atoms with van der Waals surface area (Å²) in [7, 11) is 3.78. The number of rotatable bonds is 3. The maximum atomic E-state index is 12.4. The summed E-state index contributed by atoms with van der Waals surface area (Å²) in [5, 5.41) is 2.87. The lowest BCUT2D eigenvalue weighted by Crippen LogP contribution is -2.18. The minimum Gasteiger partial charge on any atom is -0.399 e.